The molecular formula is C11H16N2O3. The third kappa shape index (κ3) is 2.74. The molecule has 0 aliphatic heterocycles. The number of carboxylic acid groups (broad SMARTS) is 1. The summed E-state index contributed by atoms with van der Waals surface area (Å²) >= 11 is 0. The van der Waals surface area contributed by atoms with E-state index in [1.54, 1.807) is 6.92 Å². The molecule has 88 valence electrons. The van der Waals surface area contributed by atoms with Crippen molar-refractivity contribution in [2.24, 2.45) is 11.7 Å². The Kier molecular flexibility index (Phi) is 3.55. The lowest BCUT2D eigenvalue weighted by Gasteiger charge is -2.29. The van der Waals surface area contributed by atoms with E-state index in [-0.39, 0.29) is 18.4 Å². The number of hydrogen-bond donors (Lipinski definition) is 2. The average molecular weight is 224 g/mol. The van der Waals surface area contributed by atoms with E-state index in [4.69, 9.17) is 17.3 Å². The summed E-state index contributed by atoms with van der Waals surface area (Å²) in [5, 5.41) is 8.68. The quantitative estimate of drug-likeness (QED) is 0.626. The molecule has 1 aliphatic carbocycles. The lowest BCUT2D eigenvalue weighted by Crippen LogP contribution is -2.55. The minimum Gasteiger partial charge on any atom is -0.480 e. The van der Waals surface area contributed by atoms with Gasteiger partial charge in [-0.05, 0) is 25.7 Å². The van der Waals surface area contributed by atoms with E-state index in [0.29, 0.717) is 0 Å². The van der Waals surface area contributed by atoms with Crippen molar-refractivity contribution in [1.29, 1.82) is 0 Å². The molecule has 1 fully saturated rings. The fourth-order valence-corrected chi connectivity index (χ4v) is 1.67. The van der Waals surface area contributed by atoms with E-state index in [2.05, 4.69) is 5.92 Å². The summed E-state index contributed by atoms with van der Waals surface area (Å²) in [5.41, 5.74) is 4.93. The molecule has 3 N–H and O–H groups in total. The second-order valence-corrected chi connectivity index (χ2v) is 4.32. The summed E-state index contributed by atoms with van der Waals surface area (Å²) in [6.07, 6.45) is 6.93. The van der Waals surface area contributed by atoms with Crippen molar-refractivity contribution >= 4 is 11.9 Å². The van der Waals surface area contributed by atoms with Gasteiger partial charge < -0.3 is 15.7 Å². The van der Waals surface area contributed by atoms with Gasteiger partial charge in [0.2, 0.25) is 5.91 Å². The zero-order valence-electron chi connectivity index (χ0n) is 9.27. The maximum atomic E-state index is 12.0. The number of aliphatic carboxylic acids is 1. The topological polar surface area (TPSA) is 83.6 Å². The second kappa shape index (κ2) is 4.54. The van der Waals surface area contributed by atoms with Crippen molar-refractivity contribution in [3.8, 4) is 12.3 Å². The van der Waals surface area contributed by atoms with Crippen LogP contribution in [0.15, 0.2) is 0 Å². The molecule has 1 amide bonds. The van der Waals surface area contributed by atoms with E-state index in [1.165, 1.54) is 0 Å². The van der Waals surface area contributed by atoms with E-state index in [0.717, 1.165) is 17.7 Å². The number of amides is 1. The second-order valence-electron chi connectivity index (χ2n) is 4.32. The smallest absolute Gasteiger partial charge is 0.323 e. The van der Waals surface area contributed by atoms with Gasteiger partial charge in [0.15, 0.2) is 0 Å². The van der Waals surface area contributed by atoms with Crippen molar-refractivity contribution in [3.05, 3.63) is 0 Å². The number of nitrogens with two attached hydrogens (primary N) is 1. The highest BCUT2D eigenvalue weighted by Gasteiger charge is 2.46. The summed E-state index contributed by atoms with van der Waals surface area (Å²) in [7, 11) is 0. The van der Waals surface area contributed by atoms with Crippen LogP contribution < -0.4 is 5.73 Å². The first-order chi connectivity index (χ1) is 7.39. The van der Waals surface area contributed by atoms with Gasteiger partial charge in [0.25, 0.3) is 0 Å². The van der Waals surface area contributed by atoms with Gasteiger partial charge in [-0.15, -0.1) is 6.42 Å². The lowest BCUT2D eigenvalue weighted by atomic mass is 9.95. The van der Waals surface area contributed by atoms with Crippen molar-refractivity contribution in [1.82, 2.24) is 4.90 Å². The van der Waals surface area contributed by atoms with Crippen LogP contribution in [-0.4, -0.2) is 40.5 Å². The Morgan fingerprint density at radius 3 is 2.56 bits per heavy atom. The summed E-state index contributed by atoms with van der Waals surface area (Å²) in [5.74, 6) is 0.952. The fraction of sp³-hybridized carbons (Fsp3) is 0.636. The van der Waals surface area contributed by atoms with Crippen LogP contribution in [0.4, 0.5) is 0 Å². The summed E-state index contributed by atoms with van der Waals surface area (Å²) in [6, 6.07) is 0. The Morgan fingerprint density at radius 2 is 2.19 bits per heavy atom. The van der Waals surface area contributed by atoms with E-state index < -0.39 is 18.1 Å². The number of carbonyl (C=O) groups is 2. The van der Waals surface area contributed by atoms with Crippen molar-refractivity contribution in [3.63, 3.8) is 0 Å². The van der Waals surface area contributed by atoms with Gasteiger partial charge in [0, 0.05) is 0 Å². The Morgan fingerprint density at radius 1 is 1.62 bits per heavy atom. The standard InChI is InChI=1S/C11H16N2O3/c1-3-6-13(7-9(14)15)10(16)11(2,12)8-4-5-8/h1,8H,4-7,12H2,2H3,(H,14,15). The first kappa shape index (κ1) is 12.5. The molecule has 1 unspecified atom stereocenters. The third-order valence-corrected chi connectivity index (χ3v) is 2.78. The zero-order valence-corrected chi connectivity index (χ0v) is 9.27. The molecule has 0 aromatic rings. The molecular weight excluding hydrogens is 208 g/mol. The van der Waals surface area contributed by atoms with Crippen molar-refractivity contribution in [2.75, 3.05) is 13.1 Å². The highest BCUT2D eigenvalue weighted by molar-refractivity contribution is 5.89. The van der Waals surface area contributed by atoms with Gasteiger partial charge in [0.1, 0.15) is 6.54 Å². The number of rotatable bonds is 5. The van der Waals surface area contributed by atoms with Gasteiger partial charge >= 0.3 is 5.97 Å². The molecule has 16 heavy (non-hydrogen) atoms. The molecule has 0 heterocycles. The van der Waals surface area contributed by atoms with Gasteiger partial charge in [-0.1, -0.05) is 5.92 Å². The van der Waals surface area contributed by atoms with Crippen LogP contribution in [0.2, 0.25) is 0 Å². The van der Waals surface area contributed by atoms with Gasteiger partial charge in [-0.3, -0.25) is 9.59 Å². The predicted molar refractivity (Wildman–Crippen MR) is 58.4 cm³/mol. The number of carbonyl (C=O) groups excluding carboxylic acids is 1. The molecule has 0 aromatic heterocycles. The number of carboxylic acids is 1. The van der Waals surface area contributed by atoms with Gasteiger partial charge in [0.05, 0.1) is 12.1 Å². The van der Waals surface area contributed by atoms with Crippen LogP contribution in [0.1, 0.15) is 19.8 Å². The molecule has 0 aromatic carbocycles. The molecule has 5 nitrogen and oxygen atoms in total. The molecule has 1 rings (SSSR count). The van der Waals surface area contributed by atoms with E-state index >= 15 is 0 Å². The van der Waals surface area contributed by atoms with Crippen LogP contribution in [0, 0.1) is 18.3 Å². The minimum atomic E-state index is -1.09. The van der Waals surface area contributed by atoms with E-state index in [1.807, 2.05) is 0 Å². The van der Waals surface area contributed by atoms with Gasteiger partial charge in [-0.25, -0.2) is 0 Å². The molecule has 0 bridgehead atoms. The van der Waals surface area contributed by atoms with Gasteiger partial charge in [-0.2, -0.15) is 0 Å². The number of hydrogen-bond acceptors (Lipinski definition) is 3. The maximum Gasteiger partial charge on any atom is 0.323 e. The minimum absolute atomic E-state index is 0.0232. The fourth-order valence-electron chi connectivity index (χ4n) is 1.67. The molecule has 5 heteroatoms. The largest absolute Gasteiger partial charge is 0.480 e. The summed E-state index contributed by atoms with van der Waals surface area (Å²) in [4.78, 5) is 23.7. The highest BCUT2D eigenvalue weighted by atomic mass is 16.4. The first-order valence-corrected chi connectivity index (χ1v) is 5.13. The molecule has 1 aliphatic rings. The van der Waals surface area contributed by atoms with Crippen molar-refractivity contribution in [2.45, 2.75) is 25.3 Å². The zero-order chi connectivity index (χ0) is 12.3. The SMILES string of the molecule is C#CCN(CC(=O)O)C(=O)C(C)(N)C1CC1. The molecule has 1 atom stereocenters. The highest BCUT2D eigenvalue weighted by Crippen LogP contribution is 2.38. The molecule has 1 saturated carbocycles. The van der Waals surface area contributed by atoms with Crippen LogP contribution in [0.3, 0.4) is 0 Å². The number of nitrogens with zero attached hydrogens (tertiary/aromatic N) is 1. The maximum absolute atomic E-state index is 12.0. The Labute approximate surface area is 94.6 Å². The third-order valence-electron chi connectivity index (χ3n) is 2.78. The predicted octanol–water partition coefficient (Wildman–Crippen LogP) is -0.340. The summed E-state index contributed by atoms with van der Waals surface area (Å²) < 4.78 is 0. The molecule has 0 spiro atoms. The molecule has 0 saturated heterocycles. The monoisotopic (exact) mass is 224 g/mol. The summed E-state index contributed by atoms with van der Waals surface area (Å²) in [6.45, 7) is 1.21. The Bertz CT molecular complexity index is 340. The van der Waals surface area contributed by atoms with Crippen LogP contribution in [0.5, 0.6) is 0 Å². The number of terminal acetylenes is 1. The van der Waals surface area contributed by atoms with E-state index in [9.17, 15) is 9.59 Å². The van der Waals surface area contributed by atoms with Crippen molar-refractivity contribution < 1.29 is 14.7 Å². The Balaban J connectivity index is 2.73. The van der Waals surface area contributed by atoms with Crippen LogP contribution >= 0.6 is 0 Å². The molecule has 0 radical (unpaired) electrons. The normalized spacial score (nSPS) is 18.3. The van der Waals surface area contributed by atoms with Crippen LogP contribution in [-0.2, 0) is 9.59 Å². The lowest BCUT2D eigenvalue weighted by molar-refractivity contribution is -0.146. The average Bonchev–Trinajstić information content (AvgIpc) is 2.98. The first-order valence-electron chi connectivity index (χ1n) is 5.13. The van der Waals surface area contributed by atoms with Crippen LogP contribution in [0.25, 0.3) is 0 Å². The Hall–Kier alpha value is -1.54.